The zero-order chi connectivity index (χ0) is 16.1. The summed E-state index contributed by atoms with van der Waals surface area (Å²) in [5.41, 5.74) is 1.83. The van der Waals surface area contributed by atoms with Crippen LogP contribution in [0.3, 0.4) is 0 Å². The van der Waals surface area contributed by atoms with E-state index < -0.39 is 8.32 Å². The van der Waals surface area contributed by atoms with Crippen molar-refractivity contribution in [1.29, 1.82) is 0 Å². The highest BCUT2D eigenvalue weighted by Crippen LogP contribution is 2.60. The van der Waals surface area contributed by atoms with Crippen molar-refractivity contribution < 1.29 is 4.43 Å². The molecule has 1 aliphatic carbocycles. The van der Waals surface area contributed by atoms with Crippen LogP contribution in [0.15, 0.2) is 12.2 Å². The lowest BCUT2D eigenvalue weighted by atomic mass is 9.66. The van der Waals surface area contributed by atoms with Crippen molar-refractivity contribution in [2.24, 2.45) is 22.7 Å². The topological polar surface area (TPSA) is 9.23 Å². The Balaban J connectivity index is 2.92. The molecule has 0 heterocycles. The third-order valence-electron chi connectivity index (χ3n) is 6.92. The maximum atomic E-state index is 6.52. The molecule has 0 radical (unpaired) electrons. The first-order chi connectivity index (χ1) is 8.66. The Kier molecular flexibility index (Phi) is 4.47. The van der Waals surface area contributed by atoms with Gasteiger partial charge in [0.1, 0.15) is 0 Å². The van der Waals surface area contributed by atoms with Crippen molar-refractivity contribution in [1.82, 2.24) is 0 Å². The zero-order valence-corrected chi connectivity index (χ0v) is 16.5. The molecule has 1 saturated carbocycles. The Morgan fingerprint density at radius 2 is 1.60 bits per heavy atom. The van der Waals surface area contributed by atoms with Gasteiger partial charge >= 0.3 is 0 Å². The largest absolute Gasteiger partial charge is 0.417 e. The molecule has 1 fully saturated rings. The van der Waals surface area contributed by atoms with Crippen LogP contribution in [0, 0.1) is 22.7 Å². The molecule has 2 heteroatoms. The van der Waals surface area contributed by atoms with E-state index in [-0.39, 0.29) is 15.9 Å². The van der Waals surface area contributed by atoms with E-state index in [0.29, 0.717) is 11.8 Å². The van der Waals surface area contributed by atoms with Crippen molar-refractivity contribution in [3.05, 3.63) is 12.2 Å². The third-order valence-corrected chi connectivity index (χ3v) is 11.4. The summed E-state index contributed by atoms with van der Waals surface area (Å²) in [7, 11) is -1.66. The van der Waals surface area contributed by atoms with Gasteiger partial charge in [0.05, 0.1) is 0 Å². The Labute approximate surface area is 128 Å². The van der Waals surface area contributed by atoms with Crippen LogP contribution in [0.2, 0.25) is 18.1 Å². The Hall–Kier alpha value is -0.0831. The quantitative estimate of drug-likeness (QED) is 0.466. The molecular formula is C18H36OSi. The lowest BCUT2D eigenvalue weighted by Crippen LogP contribution is -2.44. The fourth-order valence-corrected chi connectivity index (χ4v) is 4.21. The van der Waals surface area contributed by atoms with Crippen LogP contribution in [0.4, 0.5) is 0 Å². The first-order valence-electron chi connectivity index (χ1n) is 7.99. The predicted molar refractivity (Wildman–Crippen MR) is 92.5 cm³/mol. The molecule has 118 valence electrons. The van der Waals surface area contributed by atoms with E-state index in [9.17, 15) is 0 Å². The molecule has 0 aromatic carbocycles. The van der Waals surface area contributed by atoms with Crippen LogP contribution in [0.1, 0.15) is 55.4 Å². The van der Waals surface area contributed by atoms with Gasteiger partial charge in [-0.2, -0.15) is 0 Å². The summed E-state index contributed by atoms with van der Waals surface area (Å²) in [6, 6.07) is 0. The maximum absolute atomic E-state index is 6.52. The van der Waals surface area contributed by atoms with Crippen molar-refractivity contribution in [2.75, 3.05) is 6.61 Å². The van der Waals surface area contributed by atoms with E-state index >= 15 is 0 Å². The summed E-state index contributed by atoms with van der Waals surface area (Å²) in [6.07, 6.45) is 0. The van der Waals surface area contributed by atoms with Crippen LogP contribution < -0.4 is 0 Å². The lowest BCUT2D eigenvalue weighted by Gasteiger charge is -2.42. The van der Waals surface area contributed by atoms with Gasteiger partial charge in [-0.05, 0) is 40.8 Å². The van der Waals surface area contributed by atoms with Gasteiger partial charge in [0.25, 0.3) is 0 Å². The number of hydrogen-bond acceptors (Lipinski definition) is 1. The monoisotopic (exact) mass is 296 g/mol. The average Bonchev–Trinajstić information content (AvgIpc) is 2.34. The molecule has 2 atom stereocenters. The first kappa shape index (κ1) is 18.0. The minimum Gasteiger partial charge on any atom is -0.417 e. The molecule has 0 spiro atoms. The highest BCUT2D eigenvalue weighted by Gasteiger charge is 2.55. The van der Waals surface area contributed by atoms with E-state index in [1.165, 1.54) is 5.57 Å². The van der Waals surface area contributed by atoms with Crippen LogP contribution in [0.25, 0.3) is 0 Å². The molecule has 20 heavy (non-hydrogen) atoms. The highest BCUT2D eigenvalue weighted by molar-refractivity contribution is 6.74. The maximum Gasteiger partial charge on any atom is 0.191 e. The molecule has 0 N–H and O–H groups in total. The van der Waals surface area contributed by atoms with E-state index in [1.54, 1.807) is 0 Å². The Morgan fingerprint density at radius 1 is 1.15 bits per heavy atom. The molecule has 0 unspecified atom stereocenters. The SMILES string of the molecule is C=C1[C@@H](C)[C@H](CO[Si](C)(C)C(C)(C)C)C(C)(C)C1(C)C. The molecule has 0 aromatic rings. The molecule has 1 rings (SSSR count). The van der Waals surface area contributed by atoms with Gasteiger partial charge in [0, 0.05) is 6.61 Å². The molecule has 0 saturated heterocycles. The number of rotatable bonds is 3. The fourth-order valence-electron chi connectivity index (χ4n) is 3.18. The molecular weight excluding hydrogens is 260 g/mol. The normalized spacial score (nSPS) is 29.8. The molecule has 1 nitrogen and oxygen atoms in total. The van der Waals surface area contributed by atoms with Crippen molar-refractivity contribution in [2.45, 2.75) is 73.5 Å². The minimum absolute atomic E-state index is 0.188. The lowest BCUT2D eigenvalue weighted by molar-refractivity contribution is 0.0688. The summed E-state index contributed by atoms with van der Waals surface area (Å²) in [4.78, 5) is 0. The van der Waals surface area contributed by atoms with Crippen molar-refractivity contribution in [3.63, 3.8) is 0 Å². The summed E-state index contributed by atoms with van der Waals surface area (Å²) in [5.74, 6) is 1.11. The van der Waals surface area contributed by atoms with Crippen LogP contribution in [0.5, 0.6) is 0 Å². The second-order valence-corrected chi connectivity index (χ2v) is 14.1. The van der Waals surface area contributed by atoms with Crippen molar-refractivity contribution >= 4 is 8.32 Å². The molecule has 0 bridgehead atoms. The summed E-state index contributed by atoms with van der Waals surface area (Å²) < 4.78 is 6.52. The number of allylic oxidation sites excluding steroid dienone is 1. The zero-order valence-electron chi connectivity index (χ0n) is 15.5. The number of hydrogen-bond donors (Lipinski definition) is 0. The van der Waals surface area contributed by atoms with Gasteiger partial charge in [-0.15, -0.1) is 0 Å². The van der Waals surface area contributed by atoms with E-state index in [2.05, 4.69) is 75.1 Å². The van der Waals surface area contributed by atoms with Crippen LogP contribution >= 0.6 is 0 Å². The van der Waals surface area contributed by atoms with E-state index in [1.807, 2.05) is 0 Å². The molecule has 0 aromatic heterocycles. The second kappa shape index (κ2) is 4.98. The fraction of sp³-hybridized carbons (Fsp3) is 0.889. The van der Waals surface area contributed by atoms with Crippen LogP contribution in [-0.2, 0) is 4.43 Å². The van der Waals surface area contributed by atoms with Gasteiger partial charge in [-0.3, -0.25) is 0 Å². The first-order valence-corrected chi connectivity index (χ1v) is 10.9. The third kappa shape index (κ3) is 2.66. The standard InChI is InChI=1S/C18H36OSi/c1-13-14(2)17(6,7)18(8,9)15(13)12-19-20(10,11)16(3,4)5/h13,15H,2,12H2,1,3-11H3/t13-,15+/m1/s1. The smallest absolute Gasteiger partial charge is 0.191 e. The van der Waals surface area contributed by atoms with E-state index in [4.69, 9.17) is 4.43 Å². The summed E-state index contributed by atoms with van der Waals surface area (Å²) >= 11 is 0. The van der Waals surface area contributed by atoms with E-state index in [0.717, 1.165) is 6.61 Å². The minimum atomic E-state index is -1.66. The van der Waals surface area contributed by atoms with Gasteiger partial charge < -0.3 is 4.43 Å². The molecule has 0 amide bonds. The summed E-state index contributed by atoms with van der Waals surface area (Å²) in [6.45, 7) is 28.7. The van der Waals surface area contributed by atoms with Gasteiger partial charge in [-0.25, -0.2) is 0 Å². The Morgan fingerprint density at radius 3 is 1.90 bits per heavy atom. The van der Waals surface area contributed by atoms with Crippen LogP contribution in [-0.4, -0.2) is 14.9 Å². The molecule has 1 aliphatic rings. The van der Waals surface area contributed by atoms with Gasteiger partial charge in [0.2, 0.25) is 0 Å². The average molecular weight is 297 g/mol. The molecule has 0 aliphatic heterocycles. The van der Waals surface area contributed by atoms with Crippen molar-refractivity contribution in [3.8, 4) is 0 Å². The van der Waals surface area contributed by atoms with Gasteiger partial charge in [0.15, 0.2) is 8.32 Å². The predicted octanol–water partition coefficient (Wildman–Crippen LogP) is 5.88. The van der Waals surface area contributed by atoms with Gasteiger partial charge in [-0.1, -0.05) is 67.5 Å². The highest BCUT2D eigenvalue weighted by atomic mass is 28.4. The second-order valence-electron chi connectivity index (χ2n) is 9.34. The Bertz CT molecular complexity index is 385. The summed E-state index contributed by atoms with van der Waals surface area (Å²) in [5, 5.41) is 0.283.